The molecule has 1 N–H and O–H groups in total. The Bertz CT molecular complexity index is 1270. The topological polar surface area (TPSA) is 59.3 Å². The second-order valence-electron chi connectivity index (χ2n) is 6.93. The minimum absolute atomic E-state index is 0.199. The Hall–Kier alpha value is -3.18. The van der Waals surface area contributed by atoms with E-state index in [1.54, 1.807) is 30.3 Å². The standard InChI is InChI=1S/C24H18BrNO3/c1-14-11-19(25)12-15(2)22(14)26-23(27)17-9-7-16(8-10-17)20-13-18-5-3-4-6-21(18)29-24(20)28/h3-13H,1-2H3,(H,26,27). The van der Waals surface area contributed by atoms with Crippen LogP contribution in [-0.4, -0.2) is 5.91 Å². The summed E-state index contributed by atoms with van der Waals surface area (Å²) in [6.07, 6.45) is 0. The lowest BCUT2D eigenvalue weighted by atomic mass is 10.0. The van der Waals surface area contributed by atoms with Crippen LogP contribution in [0.4, 0.5) is 5.69 Å². The van der Waals surface area contributed by atoms with E-state index >= 15 is 0 Å². The number of aryl methyl sites for hydroxylation is 2. The van der Waals surface area contributed by atoms with Gasteiger partial charge in [-0.05, 0) is 66.9 Å². The maximum Gasteiger partial charge on any atom is 0.344 e. The van der Waals surface area contributed by atoms with E-state index in [0.717, 1.165) is 26.7 Å². The number of halogens is 1. The number of nitrogens with one attached hydrogen (secondary N) is 1. The molecule has 4 aromatic rings. The van der Waals surface area contributed by atoms with Gasteiger partial charge in [-0.25, -0.2) is 4.79 Å². The van der Waals surface area contributed by atoms with Gasteiger partial charge in [0.05, 0.1) is 5.56 Å². The zero-order valence-corrected chi connectivity index (χ0v) is 17.5. The summed E-state index contributed by atoms with van der Waals surface area (Å²) in [5.74, 6) is -0.199. The van der Waals surface area contributed by atoms with Crippen LogP contribution in [0.1, 0.15) is 21.5 Å². The van der Waals surface area contributed by atoms with Gasteiger partial charge in [-0.1, -0.05) is 46.3 Å². The zero-order chi connectivity index (χ0) is 20.5. The lowest BCUT2D eigenvalue weighted by molar-refractivity contribution is 0.102. The summed E-state index contributed by atoms with van der Waals surface area (Å²) in [6, 6.07) is 20.1. The second-order valence-corrected chi connectivity index (χ2v) is 7.85. The molecule has 5 heteroatoms. The van der Waals surface area contributed by atoms with E-state index in [0.29, 0.717) is 22.3 Å². The van der Waals surface area contributed by atoms with E-state index < -0.39 is 5.63 Å². The van der Waals surface area contributed by atoms with E-state index in [2.05, 4.69) is 21.2 Å². The molecular formula is C24H18BrNO3. The van der Waals surface area contributed by atoms with E-state index in [9.17, 15) is 9.59 Å². The molecule has 0 radical (unpaired) electrons. The van der Waals surface area contributed by atoms with Crippen LogP contribution in [0.2, 0.25) is 0 Å². The number of rotatable bonds is 3. The quantitative estimate of drug-likeness (QED) is 0.386. The highest BCUT2D eigenvalue weighted by Crippen LogP contribution is 2.26. The maximum atomic E-state index is 12.7. The van der Waals surface area contributed by atoms with Crippen LogP contribution in [0.25, 0.3) is 22.1 Å². The smallest absolute Gasteiger partial charge is 0.344 e. The lowest BCUT2D eigenvalue weighted by Crippen LogP contribution is -2.14. The molecule has 0 aliphatic rings. The molecule has 0 unspecified atom stereocenters. The molecule has 0 aliphatic heterocycles. The number of amides is 1. The molecule has 144 valence electrons. The van der Waals surface area contributed by atoms with Crippen LogP contribution >= 0.6 is 15.9 Å². The number of carbonyl (C=O) groups is 1. The number of hydrogen-bond donors (Lipinski definition) is 1. The molecule has 4 rings (SSSR count). The first kappa shape index (κ1) is 19.2. The average Bonchev–Trinajstić information content (AvgIpc) is 2.70. The highest BCUT2D eigenvalue weighted by Gasteiger charge is 2.12. The molecule has 1 aromatic heterocycles. The molecule has 0 saturated heterocycles. The Morgan fingerprint density at radius 1 is 0.931 bits per heavy atom. The molecule has 0 bridgehead atoms. The van der Waals surface area contributed by atoms with Crippen molar-refractivity contribution in [2.45, 2.75) is 13.8 Å². The summed E-state index contributed by atoms with van der Waals surface area (Å²) < 4.78 is 6.38. The van der Waals surface area contributed by atoms with Crippen molar-refractivity contribution < 1.29 is 9.21 Å². The van der Waals surface area contributed by atoms with Crippen LogP contribution in [-0.2, 0) is 0 Å². The molecule has 3 aromatic carbocycles. The van der Waals surface area contributed by atoms with Crippen molar-refractivity contribution >= 4 is 38.5 Å². The third-order valence-corrected chi connectivity index (χ3v) is 5.29. The van der Waals surface area contributed by atoms with Crippen LogP contribution in [0.3, 0.4) is 0 Å². The lowest BCUT2D eigenvalue weighted by Gasteiger charge is -2.12. The van der Waals surface area contributed by atoms with Gasteiger partial charge in [0.25, 0.3) is 5.91 Å². The van der Waals surface area contributed by atoms with Gasteiger partial charge < -0.3 is 9.73 Å². The van der Waals surface area contributed by atoms with Crippen molar-refractivity contribution in [2.24, 2.45) is 0 Å². The van der Waals surface area contributed by atoms with Gasteiger partial charge in [-0.2, -0.15) is 0 Å². The number of benzene rings is 3. The predicted molar refractivity (Wildman–Crippen MR) is 119 cm³/mol. The fraction of sp³-hybridized carbons (Fsp3) is 0.0833. The Labute approximate surface area is 176 Å². The summed E-state index contributed by atoms with van der Waals surface area (Å²) in [5.41, 5.74) is 4.61. The third-order valence-electron chi connectivity index (χ3n) is 4.84. The molecule has 1 heterocycles. The Morgan fingerprint density at radius 3 is 2.28 bits per heavy atom. The first-order chi connectivity index (χ1) is 13.9. The highest BCUT2D eigenvalue weighted by atomic mass is 79.9. The van der Waals surface area contributed by atoms with Gasteiger partial charge in [0, 0.05) is 21.1 Å². The van der Waals surface area contributed by atoms with Gasteiger partial charge in [-0.15, -0.1) is 0 Å². The number of anilines is 1. The van der Waals surface area contributed by atoms with Gasteiger partial charge >= 0.3 is 5.63 Å². The number of para-hydroxylation sites is 1. The Morgan fingerprint density at radius 2 is 1.59 bits per heavy atom. The summed E-state index contributed by atoms with van der Waals surface area (Å²) in [4.78, 5) is 25.0. The summed E-state index contributed by atoms with van der Waals surface area (Å²) in [6.45, 7) is 3.91. The molecule has 4 nitrogen and oxygen atoms in total. The van der Waals surface area contributed by atoms with Crippen molar-refractivity contribution in [3.63, 3.8) is 0 Å². The normalized spacial score (nSPS) is 10.9. The van der Waals surface area contributed by atoms with Crippen molar-refractivity contribution in [3.8, 4) is 11.1 Å². The third kappa shape index (κ3) is 3.87. The van der Waals surface area contributed by atoms with Gasteiger partial charge in [0.1, 0.15) is 5.58 Å². The number of carbonyl (C=O) groups excluding carboxylic acids is 1. The zero-order valence-electron chi connectivity index (χ0n) is 16.0. The maximum absolute atomic E-state index is 12.7. The number of fused-ring (bicyclic) bond motifs is 1. The van der Waals surface area contributed by atoms with Gasteiger partial charge in [0.2, 0.25) is 0 Å². The average molecular weight is 448 g/mol. The van der Waals surface area contributed by atoms with Gasteiger partial charge in [0.15, 0.2) is 0 Å². The highest BCUT2D eigenvalue weighted by molar-refractivity contribution is 9.10. The van der Waals surface area contributed by atoms with Crippen LogP contribution in [0.15, 0.2) is 80.4 Å². The molecule has 0 spiro atoms. The molecule has 0 aliphatic carbocycles. The van der Waals surface area contributed by atoms with E-state index in [4.69, 9.17) is 4.42 Å². The summed E-state index contributed by atoms with van der Waals surface area (Å²) >= 11 is 3.46. The first-order valence-electron chi connectivity index (χ1n) is 9.14. The van der Waals surface area contributed by atoms with E-state index in [1.165, 1.54) is 0 Å². The summed E-state index contributed by atoms with van der Waals surface area (Å²) in [7, 11) is 0. The molecule has 0 atom stereocenters. The molecule has 1 amide bonds. The van der Waals surface area contributed by atoms with Gasteiger partial charge in [-0.3, -0.25) is 4.79 Å². The van der Waals surface area contributed by atoms with Crippen LogP contribution < -0.4 is 10.9 Å². The SMILES string of the molecule is Cc1cc(Br)cc(C)c1NC(=O)c1ccc(-c2cc3ccccc3oc2=O)cc1. The Kier molecular flexibility index (Phi) is 5.07. The van der Waals surface area contributed by atoms with Crippen molar-refractivity contribution in [1.82, 2.24) is 0 Å². The van der Waals surface area contributed by atoms with Crippen LogP contribution in [0.5, 0.6) is 0 Å². The van der Waals surface area contributed by atoms with Crippen molar-refractivity contribution in [2.75, 3.05) is 5.32 Å². The molecule has 29 heavy (non-hydrogen) atoms. The van der Waals surface area contributed by atoms with Crippen molar-refractivity contribution in [1.29, 1.82) is 0 Å². The largest absolute Gasteiger partial charge is 0.422 e. The van der Waals surface area contributed by atoms with E-state index in [1.807, 2.05) is 50.2 Å². The van der Waals surface area contributed by atoms with Crippen molar-refractivity contribution in [3.05, 3.63) is 98.3 Å². The van der Waals surface area contributed by atoms with E-state index in [-0.39, 0.29) is 5.91 Å². The molecule has 0 fully saturated rings. The fourth-order valence-corrected chi connectivity index (χ4v) is 4.04. The Balaban J connectivity index is 1.62. The number of hydrogen-bond acceptors (Lipinski definition) is 3. The monoisotopic (exact) mass is 447 g/mol. The molecule has 0 saturated carbocycles. The second kappa shape index (κ2) is 7.68. The molecular weight excluding hydrogens is 430 g/mol. The minimum atomic E-state index is -0.401. The summed E-state index contributed by atoms with van der Waals surface area (Å²) in [5, 5.41) is 3.83. The van der Waals surface area contributed by atoms with Crippen LogP contribution in [0, 0.1) is 13.8 Å². The first-order valence-corrected chi connectivity index (χ1v) is 9.93. The fourth-order valence-electron chi connectivity index (χ4n) is 3.36. The predicted octanol–water partition coefficient (Wildman–Crippen LogP) is 6.09. The minimum Gasteiger partial charge on any atom is -0.422 e.